The van der Waals surface area contributed by atoms with E-state index >= 15 is 0 Å². The van der Waals surface area contributed by atoms with E-state index in [4.69, 9.17) is 0 Å². The fraction of sp³-hybridized carbons (Fsp3) is 0.391. The minimum atomic E-state index is -0.176. The maximum absolute atomic E-state index is 13.7. The average molecular weight is 397 g/mol. The summed E-state index contributed by atoms with van der Waals surface area (Å²) in [5.74, 6) is 0.774. The van der Waals surface area contributed by atoms with Gasteiger partial charge in [-0.05, 0) is 42.5 Å². The molecule has 0 aliphatic carbocycles. The molecule has 154 valence electrons. The number of carbonyl (C=O) groups excluding carboxylic acids is 1. The lowest BCUT2D eigenvalue weighted by molar-refractivity contribution is -0.128. The molecule has 0 bridgehead atoms. The summed E-state index contributed by atoms with van der Waals surface area (Å²) in [6.07, 6.45) is 2.21. The third-order valence-electron chi connectivity index (χ3n) is 4.94. The minimum absolute atomic E-state index is 0.176. The van der Waals surface area contributed by atoms with Crippen molar-refractivity contribution < 1.29 is 9.18 Å². The lowest BCUT2D eigenvalue weighted by Crippen LogP contribution is -2.38. The molecule has 6 heteroatoms. The Hall–Kier alpha value is -2.89. The molecule has 2 aromatic carbocycles. The molecule has 3 rings (SSSR count). The van der Waals surface area contributed by atoms with E-state index in [2.05, 4.69) is 27.8 Å². The number of rotatable bonds is 8. The summed E-state index contributed by atoms with van der Waals surface area (Å²) in [5, 5.41) is 6.49. The molecule has 0 spiro atoms. The fourth-order valence-electron chi connectivity index (χ4n) is 3.45. The zero-order chi connectivity index (χ0) is 20.5. The number of halogens is 1. The molecule has 1 saturated heterocycles. The molecule has 0 atom stereocenters. The Morgan fingerprint density at radius 1 is 1.14 bits per heavy atom. The Labute approximate surface area is 172 Å². The van der Waals surface area contributed by atoms with Crippen molar-refractivity contribution in [1.29, 1.82) is 0 Å². The molecule has 1 fully saturated rings. The second-order valence-electron chi connectivity index (χ2n) is 7.20. The van der Waals surface area contributed by atoms with E-state index in [9.17, 15) is 9.18 Å². The van der Waals surface area contributed by atoms with Gasteiger partial charge in [0, 0.05) is 32.6 Å². The predicted molar refractivity (Wildman–Crippen MR) is 114 cm³/mol. The van der Waals surface area contributed by atoms with E-state index in [1.807, 2.05) is 30.0 Å². The highest BCUT2D eigenvalue weighted by Crippen LogP contribution is 2.15. The van der Waals surface area contributed by atoms with Gasteiger partial charge in [-0.15, -0.1) is 0 Å². The quantitative estimate of drug-likeness (QED) is 0.532. The van der Waals surface area contributed by atoms with Crippen LogP contribution in [0, 0.1) is 5.82 Å². The van der Waals surface area contributed by atoms with Gasteiger partial charge in [0.25, 0.3) is 0 Å². The number of aliphatic imine (C=N–C) groups is 1. The molecule has 1 heterocycles. The van der Waals surface area contributed by atoms with Gasteiger partial charge in [0.2, 0.25) is 5.91 Å². The lowest BCUT2D eigenvalue weighted by Gasteiger charge is -2.16. The molecular weight excluding hydrogens is 367 g/mol. The van der Waals surface area contributed by atoms with Crippen molar-refractivity contribution >= 4 is 11.9 Å². The van der Waals surface area contributed by atoms with Crippen LogP contribution in [0.3, 0.4) is 0 Å². The number of amides is 1. The highest BCUT2D eigenvalue weighted by molar-refractivity contribution is 5.79. The van der Waals surface area contributed by atoms with E-state index < -0.39 is 0 Å². The van der Waals surface area contributed by atoms with Crippen LogP contribution in [0.15, 0.2) is 53.5 Å². The van der Waals surface area contributed by atoms with Crippen molar-refractivity contribution in [3.63, 3.8) is 0 Å². The molecule has 2 N–H and O–H groups in total. The van der Waals surface area contributed by atoms with Crippen molar-refractivity contribution in [2.45, 2.75) is 39.3 Å². The minimum Gasteiger partial charge on any atom is -0.357 e. The fourth-order valence-corrected chi connectivity index (χ4v) is 3.45. The second kappa shape index (κ2) is 10.6. The smallest absolute Gasteiger partial charge is 0.222 e. The van der Waals surface area contributed by atoms with Crippen LogP contribution in [-0.4, -0.2) is 36.4 Å². The van der Waals surface area contributed by atoms with E-state index in [0.29, 0.717) is 44.0 Å². The first-order valence-electron chi connectivity index (χ1n) is 10.3. The summed E-state index contributed by atoms with van der Waals surface area (Å²) in [7, 11) is 0. The zero-order valence-corrected chi connectivity index (χ0v) is 17.0. The summed E-state index contributed by atoms with van der Waals surface area (Å²) in [6.45, 7) is 5.42. The van der Waals surface area contributed by atoms with Gasteiger partial charge in [-0.2, -0.15) is 0 Å². The van der Waals surface area contributed by atoms with Crippen LogP contribution in [0.4, 0.5) is 4.39 Å². The summed E-state index contributed by atoms with van der Waals surface area (Å²) < 4.78 is 13.7. The number of hydrogen-bond donors (Lipinski definition) is 2. The van der Waals surface area contributed by atoms with Crippen molar-refractivity contribution in [1.82, 2.24) is 15.5 Å². The molecule has 1 amide bonds. The predicted octanol–water partition coefficient (Wildman–Crippen LogP) is 3.25. The number of carbonyl (C=O) groups is 1. The number of hydrogen-bond acceptors (Lipinski definition) is 2. The Balaban J connectivity index is 1.55. The average Bonchev–Trinajstić information content (AvgIpc) is 3.12. The molecule has 29 heavy (non-hydrogen) atoms. The van der Waals surface area contributed by atoms with Gasteiger partial charge >= 0.3 is 0 Å². The normalized spacial score (nSPS) is 14.3. The number of guanidine groups is 1. The van der Waals surface area contributed by atoms with Crippen LogP contribution in [0.1, 0.15) is 36.5 Å². The van der Waals surface area contributed by atoms with Crippen molar-refractivity contribution in [2.75, 3.05) is 19.6 Å². The first-order chi connectivity index (χ1) is 14.2. The van der Waals surface area contributed by atoms with Gasteiger partial charge in [0.15, 0.2) is 5.96 Å². The summed E-state index contributed by atoms with van der Waals surface area (Å²) in [6, 6.07) is 15.1. The van der Waals surface area contributed by atoms with E-state index in [1.165, 1.54) is 6.07 Å². The Kier molecular flexibility index (Phi) is 7.61. The molecule has 0 radical (unpaired) electrons. The molecule has 0 unspecified atom stereocenters. The van der Waals surface area contributed by atoms with E-state index in [0.717, 1.165) is 30.6 Å². The topological polar surface area (TPSA) is 56.7 Å². The number of nitrogens with zero attached hydrogens (tertiary/aromatic N) is 2. The third kappa shape index (κ3) is 6.31. The number of benzene rings is 2. The Bertz CT molecular complexity index is 852. The van der Waals surface area contributed by atoms with Gasteiger partial charge in [-0.25, -0.2) is 9.38 Å². The van der Waals surface area contributed by atoms with Crippen LogP contribution in [-0.2, 0) is 24.3 Å². The first kappa shape index (κ1) is 20.8. The van der Waals surface area contributed by atoms with Gasteiger partial charge < -0.3 is 15.5 Å². The maximum atomic E-state index is 13.7. The molecule has 5 nitrogen and oxygen atoms in total. The van der Waals surface area contributed by atoms with Crippen LogP contribution >= 0.6 is 0 Å². The van der Waals surface area contributed by atoms with Gasteiger partial charge in [0.05, 0.1) is 6.54 Å². The third-order valence-corrected chi connectivity index (χ3v) is 4.94. The SMILES string of the molecule is CCNC(=NCc1cccc(CN2CCCC2=O)c1)NCCc1ccccc1F. The Morgan fingerprint density at radius 2 is 1.97 bits per heavy atom. The number of nitrogens with one attached hydrogen (secondary N) is 2. The van der Waals surface area contributed by atoms with Gasteiger partial charge in [0.1, 0.15) is 5.82 Å². The first-order valence-corrected chi connectivity index (χ1v) is 10.3. The van der Waals surface area contributed by atoms with Gasteiger partial charge in [-0.3, -0.25) is 4.79 Å². The zero-order valence-electron chi connectivity index (χ0n) is 17.0. The maximum Gasteiger partial charge on any atom is 0.222 e. The molecular formula is C23H29FN4O. The van der Waals surface area contributed by atoms with Crippen LogP contribution in [0.25, 0.3) is 0 Å². The summed E-state index contributed by atoms with van der Waals surface area (Å²) >= 11 is 0. The lowest BCUT2D eigenvalue weighted by atomic mass is 10.1. The molecule has 0 saturated carbocycles. The summed E-state index contributed by atoms with van der Waals surface area (Å²) in [4.78, 5) is 18.4. The van der Waals surface area contributed by atoms with Crippen molar-refractivity contribution in [3.8, 4) is 0 Å². The second-order valence-corrected chi connectivity index (χ2v) is 7.20. The van der Waals surface area contributed by atoms with Crippen molar-refractivity contribution in [2.24, 2.45) is 4.99 Å². The highest BCUT2D eigenvalue weighted by atomic mass is 19.1. The molecule has 1 aliphatic heterocycles. The van der Waals surface area contributed by atoms with Crippen LogP contribution < -0.4 is 10.6 Å². The molecule has 2 aromatic rings. The van der Waals surface area contributed by atoms with Crippen molar-refractivity contribution in [3.05, 3.63) is 71.0 Å². The summed E-state index contributed by atoms with van der Waals surface area (Å²) in [5.41, 5.74) is 2.92. The largest absolute Gasteiger partial charge is 0.357 e. The standard InChI is InChI=1S/C23H29FN4O/c1-2-25-23(26-13-12-20-9-3-4-10-21(20)24)27-16-18-7-5-8-19(15-18)17-28-14-6-11-22(28)29/h3-5,7-10,15H,2,6,11-14,16-17H2,1H3,(H2,25,26,27). The highest BCUT2D eigenvalue weighted by Gasteiger charge is 2.19. The number of likely N-dealkylation sites (tertiary alicyclic amines) is 1. The monoisotopic (exact) mass is 396 g/mol. The molecule has 1 aliphatic rings. The van der Waals surface area contributed by atoms with Crippen LogP contribution in [0.2, 0.25) is 0 Å². The van der Waals surface area contributed by atoms with Gasteiger partial charge in [-0.1, -0.05) is 42.5 Å². The molecule has 0 aromatic heterocycles. The van der Waals surface area contributed by atoms with Crippen LogP contribution in [0.5, 0.6) is 0 Å². The Morgan fingerprint density at radius 3 is 2.72 bits per heavy atom. The van der Waals surface area contributed by atoms with E-state index in [-0.39, 0.29) is 11.7 Å². The van der Waals surface area contributed by atoms with E-state index in [1.54, 1.807) is 12.1 Å².